The summed E-state index contributed by atoms with van der Waals surface area (Å²) in [7, 11) is 0. The van der Waals surface area contributed by atoms with Gasteiger partial charge in [-0.3, -0.25) is 9.78 Å². The van der Waals surface area contributed by atoms with Gasteiger partial charge in [0.1, 0.15) is 11.3 Å². The highest BCUT2D eigenvalue weighted by molar-refractivity contribution is 5.84. The molecule has 0 radical (unpaired) electrons. The van der Waals surface area contributed by atoms with Crippen LogP contribution in [0.2, 0.25) is 0 Å². The van der Waals surface area contributed by atoms with Crippen LogP contribution in [0, 0.1) is 0 Å². The predicted molar refractivity (Wildman–Crippen MR) is 75.6 cm³/mol. The summed E-state index contributed by atoms with van der Waals surface area (Å²) in [6.07, 6.45) is -7.49. The molecule has 0 fully saturated rings. The number of aromatic amines is 1. The lowest BCUT2D eigenvalue weighted by Crippen LogP contribution is -2.17. The van der Waals surface area contributed by atoms with Crippen LogP contribution in [0.25, 0.3) is 22.2 Å². The van der Waals surface area contributed by atoms with E-state index in [-0.39, 0.29) is 17.2 Å². The van der Waals surface area contributed by atoms with E-state index < -0.39 is 40.2 Å². The number of nitrogens with one attached hydrogen (secondary N) is 1. The molecule has 0 saturated heterocycles. The summed E-state index contributed by atoms with van der Waals surface area (Å²) >= 11 is 0. The SMILES string of the molecule is O=c1[nH]c2nc(C(F)(F)F)cc(C(F)(F)F)c2cc1-c1ccncc1. The molecule has 10 heteroatoms. The maximum absolute atomic E-state index is 13.2. The highest BCUT2D eigenvalue weighted by atomic mass is 19.4. The Morgan fingerprint density at radius 3 is 2.12 bits per heavy atom. The molecule has 0 aromatic carbocycles. The van der Waals surface area contributed by atoms with Gasteiger partial charge in [-0.15, -0.1) is 0 Å². The zero-order chi connectivity index (χ0) is 18.4. The third kappa shape index (κ3) is 3.19. The van der Waals surface area contributed by atoms with E-state index in [0.29, 0.717) is 0 Å². The second kappa shape index (κ2) is 5.57. The van der Waals surface area contributed by atoms with E-state index in [2.05, 4.69) is 9.97 Å². The normalized spacial score (nSPS) is 12.6. The molecule has 3 rings (SSSR count). The van der Waals surface area contributed by atoms with Crippen LogP contribution in [0.4, 0.5) is 26.3 Å². The summed E-state index contributed by atoms with van der Waals surface area (Å²) in [5.74, 6) is 0. The van der Waals surface area contributed by atoms with Gasteiger partial charge < -0.3 is 4.98 Å². The van der Waals surface area contributed by atoms with Gasteiger partial charge in [-0.25, -0.2) is 4.98 Å². The standard InChI is InChI=1S/C15H7F6N3O/c16-14(17,18)10-6-11(15(19,20)21)23-12-9(10)5-8(13(25)24-12)7-1-3-22-4-2-7/h1-6H,(H,23,24,25). The van der Waals surface area contributed by atoms with Crippen LogP contribution in [0.1, 0.15) is 11.3 Å². The number of hydrogen-bond acceptors (Lipinski definition) is 3. The van der Waals surface area contributed by atoms with Crippen molar-refractivity contribution in [2.45, 2.75) is 12.4 Å². The average Bonchev–Trinajstić information content (AvgIpc) is 2.52. The Hall–Kier alpha value is -2.91. The molecule has 0 bridgehead atoms. The molecular weight excluding hydrogens is 352 g/mol. The monoisotopic (exact) mass is 359 g/mol. The van der Waals surface area contributed by atoms with Gasteiger partial charge in [0.05, 0.1) is 5.56 Å². The van der Waals surface area contributed by atoms with Crippen molar-refractivity contribution in [2.75, 3.05) is 0 Å². The van der Waals surface area contributed by atoms with Crippen molar-refractivity contribution < 1.29 is 26.3 Å². The number of pyridine rings is 3. The summed E-state index contributed by atoms with van der Waals surface area (Å²) in [5.41, 5.74) is -4.78. The minimum Gasteiger partial charge on any atom is -0.306 e. The van der Waals surface area contributed by atoms with Gasteiger partial charge in [0.25, 0.3) is 5.56 Å². The van der Waals surface area contributed by atoms with E-state index in [9.17, 15) is 31.1 Å². The Morgan fingerprint density at radius 2 is 1.56 bits per heavy atom. The Balaban J connectivity index is 2.38. The molecule has 3 aromatic rings. The van der Waals surface area contributed by atoms with Crippen molar-refractivity contribution in [3.63, 3.8) is 0 Å². The molecule has 1 N–H and O–H groups in total. The summed E-state index contributed by atoms with van der Waals surface area (Å²) in [6, 6.07) is 3.58. The first-order chi connectivity index (χ1) is 11.6. The maximum atomic E-state index is 13.2. The highest BCUT2D eigenvalue weighted by Crippen LogP contribution is 2.38. The van der Waals surface area contributed by atoms with Gasteiger partial charge in [0.15, 0.2) is 0 Å². The second-order valence-corrected chi connectivity index (χ2v) is 5.06. The minimum atomic E-state index is -5.09. The molecule has 25 heavy (non-hydrogen) atoms. The fraction of sp³-hybridized carbons (Fsp3) is 0.133. The Morgan fingerprint density at radius 1 is 0.920 bits per heavy atom. The summed E-state index contributed by atoms with van der Waals surface area (Å²) < 4.78 is 78.1. The van der Waals surface area contributed by atoms with E-state index in [1.54, 1.807) is 0 Å². The van der Waals surface area contributed by atoms with Gasteiger partial charge in [-0.2, -0.15) is 26.3 Å². The zero-order valence-electron chi connectivity index (χ0n) is 12.0. The fourth-order valence-electron chi connectivity index (χ4n) is 2.31. The van der Waals surface area contributed by atoms with Gasteiger partial charge >= 0.3 is 12.4 Å². The lowest BCUT2D eigenvalue weighted by molar-refractivity contribution is -0.144. The number of aromatic nitrogens is 3. The summed E-state index contributed by atoms with van der Waals surface area (Å²) in [5, 5.41) is -0.632. The lowest BCUT2D eigenvalue weighted by Gasteiger charge is -2.14. The summed E-state index contributed by atoms with van der Waals surface area (Å²) in [4.78, 5) is 20.9. The molecule has 0 aliphatic rings. The Bertz CT molecular complexity index is 992. The molecule has 0 spiro atoms. The fourth-order valence-corrected chi connectivity index (χ4v) is 2.31. The number of hydrogen-bond donors (Lipinski definition) is 1. The lowest BCUT2D eigenvalue weighted by atomic mass is 10.0. The van der Waals surface area contributed by atoms with Crippen LogP contribution in [0.5, 0.6) is 0 Å². The molecule has 0 aliphatic carbocycles. The zero-order valence-corrected chi connectivity index (χ0v) is 12.0. The molecule has 4 nitrogen and oxygen atoms in total. The molecular formula is C15H7F6N3O. The van der Waals surface area contributed by atoms with E-state index >= 15 is 0 Å². The molecule has 0 atom stereocenters. The third-order valence-electron chi connectivity index (χ3n) is 3.41. The van der Waals surface area contributed by atoms with Crippen LogP contribution in [0.3, 0.4) is 0 Å². The van der Waals surface area contributed by atoms with Gasteiger partial charge in [-0.05, 0) is 29.8 Å². The minimum absolute atomic E-state index is 0.0724. The van der Waals surface area contributed by atoms with Crippen LogP contribution >= 0.6 is 0 Å². The second-order valence-electron chi connectivity index (χ2n) is 5.06. The predicted octanol–water partition coefficient (Wildman–Crippen LogP) is 4.02. The third-order valence-corrected chi connectivity index (χ3v) is 3.41. The number of rotatable bonds is 1. The Kier molecular flexibility index (Phi) is 3.77. The molecule has 130 valence electrons. The molecule has 0 unspecified atom stereocenters. The first-order valence-electron chi connectivity index (χ1n) is 6.70. The summed E-state index contributed by atoms with van der Waals surface area (Å²) in [6.45, 7) is 0. The van der Waals surface area contributed by atoms with E-state index in [0.717, 1.165) is 6.07 Å². The molecule has 3 aromatic heterocycles. The number of nitrogens with zero attached hydrogens (tertiary/aromatic N) is 2. The van der Waals surface area contributed by atoms with Crippen molar-refractivity contribution in [3.05, 3.63) is 58.3 Å². The number of alkyl halides is 6. The van der Waals surface area contributed by atoms with Crippen LogP contribution in [0.15, 0.2) is 41.5 Å². The van der Waals surface area contributed by atoms with Crippen molar-refractivity contribution in [3.8, 4) is 11.1 Å². The maximum Gasteiger partial charge on any atom is 0.433 e. The largest absolute Gasteiger partial charge is 0.433 e. The Labute approximate surface area is 135 Å². The van der Waals surface area contributed by atoms with Gasteiger partial charge in [0.2, 0.25) is 0 Å². The van der Waals surface area contributed by atoms with E-state index in [1.165, 1.54) is 24.5 Å². The molecule has 3 heterocycles. The van der Waals surface area contributed by atoms with Crippen molar-refractivity contribution in [2.24, 2.45) is 0 Å². The van der Waals surface area contributed by atoms with Gasteiger partial charge in [-0.1, -0.05) is 0 Å². The first kappa shape index (κ1) is 16.9. The van der Waals surface area contributed by atoms with E-state index in [1.807, 2.05) is 4.98 Å². The van der Waals surface area contributed by atoms with Crippen LogP contribution in [-0.4, -0.2) is 15.0 Å². The molecule has 0 saturated carbocycles. The highest BCUT2D eigenvalue weighted by Gasteiger charge is 2.39. The molecule has 0 aliphatic heterocycles. The molecule has 0 amide bonds. The van der Waals surface area contributed by atoms with Crippen molar-refractivity contribution in [1.82, 2.24) is 15.0 Å². The topological polar surface area (TPSA) is 58.6 Å². The first-order valence-corrected chi connectivity index (χ1v) is 6.70. The quantitative estimate of drug-likeness (QED) is 0.668. The smallest absolute Gasteiger partial charge is 0.306 e. The van der Waals surface area contributed by atoms with Crippen LogP contribution in [-0.2, 0) is 12.4 Å². The number of fused-ring (bicyclic) bond motifs is 1. The van der Waals surface area contributed by atoms with Crippen molar-refractivity contribution in [1.29, 1.82) is 0 Å². The average molecular weight is 359 g/mol. The van der Waals surface area contributed by atoms with Crippen LogP contribution < -0.4 is 5.56 Å². The van der Waals surface area contributed by atoms with Gasteiger partial charge in [0, 0.05) is 23.3 Å². The number of H-pyrrole nitrogens is 1. The van der Waals surface area contributed by atoms with Crippen molar-refractivity contribution >= 4 is 11.0 Å². The van der Waals surface area contributed by atoms with E-state index in [4.69, 9.17) is 0 Å². The number of halogens is 6.